The van der Waals surface area contributed by atoms with Crippen molar-refractivity contribution in [2.45, 2.75) is 51.7 Å². The smallest absolute Gasteiger partial charge is 0.315 e. The summed E-state index contributed by atoms with van der Waals surface area (Å²) in [5.41, 5.74) is -1.20. The first-order chi connectivity index (χ1) is 9.38. The van der Waals surface area contributed by atoms with Crippen LogP contribution in [0.25, 0.3) is 0 Å². The molecule has 1 saturated carbocycles. The van der Waals surface area contributed by atoms with Gasteiger partial charge in [-0.15, -0.1) is 0 Å². The molecule has 0 saturated heterocycles. The maximum absolute atomic E-state index is 11.9. The van der Waals surface area contributed by atoms with Crippen molar-refractivity contribution in [3.63, 3.8) is 0 Å². The summed E-state index contributed by atoms with van der Waals surface area (Å²) in [4.78, 5) is 11.9. The topological polar surface area (TPSA) is 74.5 Å². The molecule has 5 heteroatoms. The molecule has 20 heavy (non-hydrogen) atoms. The predicted octanol–water partition coefficient (Wildman–Crippen LogP) is 2.28. The molecule has 1 aliphatic rings. The fourth-order valence-corrected chi connectivity index (χ4v) is 2.64. The Kier molecular flexibility index (Phi) is 4.38. The molecule has 3 N–H and O–H groups in total. The van der Waals surface area contributed by atoms with Gasteiger partial charge >= 0.3 is 6.03 Å². The molecule has 0 aliphatic heterocycles. The zero-order valence-electron chi connectivity index (χ0n) is 12.4. The van der Waals surface area contributed by atoms with Crippen LogP contribution in [0.1, 0.15) is 44.6 Å². The lowest BCUT2D eigenvalue weighted by atomic mass is 10.0. The third-order valence-electron chi connectivity index (χ3n) is 4.04. The summed E-state index contributed by atoms with van der Waals surface area (Å²) >= 11 is 0. The Morgan fingerprint density at radius 2 is 2.25 bits per heavy atom. The van der Waals surface area contributed by atoms with E-state index in [2.05, 4.69) is 17.6 Å². The minimum absolute atomic E-state index is 0.118. The zero-order chi connectivity index (χ0) is 14.8. The first-order valence-electron chi connectivity index (χ1n) is 7.22. The molecule has 5 nitrogen and oxygen atoms in total. The Hall–Kier alpha value is -1.49. The molecule has 0 spiro atoms. The van der Waals surface area contributed by atoms with Crippen LogP contribution in [0.15, 0.2) is 16.5 Å². The van der Waals surface area contributed by atoms with E-state index in [9.17, 15) is 9.90 Å². The number of urea groups is 1. The monoisotopic (exact) mass is 280 g/mol. The van der Waals surface area contributed by atoms with Crippen molar-refractivity contribution in [1.29, 1.82) is 0 Å². The number of hydrogen-bond donors (Lipinski definition) is 3. The van der Waals surface area contributed by atoms with Crippen molar-refractivity contribution in [3.8, 4) is 0 Å². The second-order valence-corrected chi connectivity index (χ2v) is 6.03. The molecular weight excluding hydrogens is 256 g/mol. The van der Waals surface area contributed by atoms with Gasteiger partial charge in [0.15, 0.2) is 0 Å². The van der Waals surface area contributed by atoms with Crippen LogP contribution >= 0.6 is 0 Å². The molecule has 1 aliphatic carbocycles. The van der Waals surface area contributed by atoms with Crippen molar-refractivity contribution in [2.75, 3.05) is 6.54 Å². The first kappa shape index (κ1) is 14.9. The van der Waals surface area contributed by atoms with Gasteiger partial charge in [0.1, 0.15) is 17.1 Å². The van der Waals surface area contributed by atoms with Crippen molar-refractivity contribution < 1.29 is 14.3 Å². The molecule has 3 atom stereocenters. The van der Waals surface area contributed by atoms with Crippen molar-refractivity contribution in [2.24, 2.45) is 5.92 Å². The normalized spacial score (nSPS) is 25.2. The van der Waals surface area contributed by atoms with Gasteiger partial charge in [0, 0.05) is 6.04 Å². The van der Waals surface area contributed by atoms with E-state index in [1.54, 1.807) is 19.1 Å². The summed E-state index contributed by atoms with van der Waals surface area (Å²) in [5.74, 6) is 1.73. The highest BCUT2D eigenvalue weighted by Crippen LogP contribution is 2.25. The third-order valence-corrected chi connectivity index (χ3v) is 4.04. The number of aliphatic hydroxyl groups is 1. The van der Waals surface area contributed by atoms with E-state index < -0.39 is 5.60 Å². The molecule has 0 unspecified atom stereocenters. The van der Waals surface area contributed by atoms with Gasteiger partial charge < -0.3 is 20.2 Å². The molecule has 112 valence electrons. The molecule has 1 aromatic heterocycles. The van der Waals surface area contributed by atoms with E-state index in [1.807, 2.05) is 6.92 Å². The van der Waals surface area contributed by atoms with E-state index in [0.717, 1.165) is 25.0 Å². The lowest BCUT2D eigenvalue weighted by molar-refractivity contribution is 0.0358. The Labute approximate surface area is 119 Å². The van der Waals surface area contributed by atoms with Crippen LogP contribution < -0.4 is 10.6 Å². The highest BCUT2D eigenvalue weighted by atomic mass is 16.4. The Bertz CT molecular complexity index is 467. The van der Waals surface area contributed by atoms with E-state index in [0.29, 0.717) is 11.7 Å². The number of furan rings is 1. The Morgan fingerprint density at radius 3 is 2.80 bits per heavy atom. The zero-order valence-corrected chi connectivity index (χ0v) is 12.4. The van der Waals surface area contributed by atoms with Gasteiger partial charge in [-0.05, 0) is 44.7 Å². The van der Waals surface area contributed by atoms with Gasteiger partial charge in [-0.1, -0.05) is 13.3 Å². The quantitative estimate of drug-likeness (QED) is 0.792. The van der Waals surface area contributed by atoms with E-state index in [-0.39, 0.29) is 18.6 Å². The van der Waals surface area contributed by atoms with Crippen molar-refractivity contribution >= 4 is 6.03 Å². The largest absolute Gasteiger partial charge is 0.463 e. The number of rotatable bonds is 4. The number of hydrogen-bond acceptors (Lipinski definition) is 3. The predicted molar refractivity (Wildman–Crippen MR) is 76.4 cm³/mol. The number of nitrogens with one attached hydrogen (secondary N) is 2. The molecule has 2 rings (SSSR count). The SMILES string of the molecule is Cc1ccc([C@](C)(O)CNC(=O)N[C@H]2CCC[C@H]2C)o1. The fourth-order valence-electron chi connectivity index (χ4n) is 2.64. The third kappa shape index (κ3) is 3.54. The molecule has 0 radical (unpaired) electrons. The minimum atomic E-state index is -1.20. The summed E-state index contributed by atoms with van der Waals surface area (Å²) in [6.07, 6.45) is 3.35. The van der Waals surface area contributed by atoms with Crippen molar-refractivity contribution in [3.05, 3.63) is 23.7 Å². The second kappa shape index (κ2) is 5.87. The molecular formula is C15H24N2O3. The Morgan fingerprint density at radius 1 is 1.50 bits per heavy atom. The van der Waals surface area contributed by atoms with Gasteiger partial charge in [0.2, 0.25) is 0 Å². The molecule has 0 aromatic carbocycles. The van der Waals surface area contributed by atoms with Gasteiger partial charge in [-0.2, -0.15) is 0 Å². The maximum atomic E-state index is 11.9. The molecule has 2 amide bonds. The average Bonchev–Trinajstić information content (AvgIpc) is 2.97. The second-order valence-electron chi connectivity index (χ2n) is 6.03. The highest BCUT2D eigenvalue weighted by molar-refractivity contribution is 5.74. The van der Waals surface area contributed by atoms with Gasteiger partial charge in [0.25, 0.3) is 0 Å². The van der Waals surface area contributed by atoms with Gasteiger partial charge in [-0.25, -0.2) is 4.79 Å². The van der Waals surface area contributed by atoms with Crippen LogP contribution in [-0.4, -0.2) is 23.7 Å². The van der Waals surface area contributed by atoms with Gasteiger partial charge in [0.05, 0.1) is 6.54 Å². The number of carbonyl (C=O) groups is 1. The van der Waals surface area contributed by atoms with Crippen LogP contribution in [0.3, 0.4) is 0 Å². The number of amides is 2. The Balaban J connectivity index is 1.83. The van der Waals surface area contributed by atoms with Crippen LogP contribution in [-0.2, 0) is 5.60 Å². The van der Waals surface area contributed by atoms with Crippen LogP contribution in [0.2, 0.25) is 0 Å². The number of carbonyl (C=O) groups excluding carboxylic acids is 1. The van der Waals surface area contributed by atoms with Crippen LogP contribution in [0, 0.1) is 12.8 Å². The molecule has 1 heterocycles. The van der Waals surface area contributed by atoms with Crippen LogP contribution in [0.4, 0.5) is 4.79 Å². The standard InChI is InChI=1S/C15H24N2O3/c1-10-5-4-6-12(10)17-14(18)16-9-15(3,19)13-8-7-11(2)20-13/h7-8,10,12,19H,4-6,9H2,1-3H3,(H2,16,17,18)/t10-,12+,15-/m1/s1. The first-order valence-corrected chi connectivity index (χ1v) is 7.22. The van der Waals surface area contributed by atoms with E-state index in [1.165, 1.54) is 0 Å². The summed E-state index contributed by atoms with van der Waals surface area (Å²) in [6, 6.07) is 3.54. The summed E-state index contributed by atoms with van der Waals surface area (Å²) < 4.78 is 5.41. The number of aryl methyl sites for hydroxylation is 1. The maximum Gasteiger partial charge on any atom is 0.315 e. The molecule has 1 aromatic rings. The molecule has 1 fully saturated rings. The highest BCUT2D eigenvalue weighted by Gasteiger charge is 2.29. The summed E-state index contributed by atoms with van der Waals surface area (Å²) in [6.45, 7) is 5.72. The van der Waals surface area contributed by atoms with Crippen LogP contribution in [0.5, 0.6) is 0 Å². The average molecular weight is 280 g/mol. The lowest BCUT2D eigenvalue weighted by Crippen LogP contribution is -2.47. The lowest BCUT2D eigenvalue weighted by Gasteiger charge is -2.23. The van der Waals surface area contributed by atoms with E-state index in [4.69, 9.17) is 4.42 Å². The van der Waals surface area contributed by atoms with Crippen molar-refractivity contribution in [1.82, 2.24) is 10.6 Å². The summed E-state index contributed by atoms with van der Waals surface area (Å²) in [7, 11) is 0. The molecule has 0 bridgehead atoms. The minimum Gasteiger partial charge on any atom is -0.463 e. The van der Waals surface area contributed by atoms with E-state index >= 15 is 0 Å². The summed E-state index contributed by atoms with van der Waals surface area (Å²) in [5, 5.41) is 16.0. The fraction of sp³-hybridized carbons (Fsp3) is 0.667. The van der Waals surface area contributed by atoms with Gasteiger partial charge in [-0.3, -0.25) is 0 Å².